The Bertz CT molecular complexity index is 303. The molecule has 0 radical (unpaired) electrons. The van der Waals surface area contributed by atoms with Gasteiger partial charge in [-0.25, -0.2) is 0 Å². The first-order chi connectivity index (χ1) is 8.11. The minimum absolute atomic E-state index is 0.142. The Morgan fingerprint density at radius 1 is 1.12 bits per heavy atom. The Hall–Kier alpha value is -0.900. The number of Topliss-reactive ketones (excluding diaryl/α,β-unsaturated/α-hetero) is 1. The Labute approximate surface area is 103 Å². The van der Waals surface area contributed by atoms with E-state index in [2.05, 4.69) is 0 Å². The lowest BCUT2D eigenvalue weighted by Gasteiger charge is -2.40. The monoisotopic (exact) mass is 238 g/mol. The third-order valence-electron chi connectivity index (χ3n) is 4.10. The van der Waals surface area contributed by atoms with E-state index in [1.165, 1.54) is 0 Å². The maximum atomic E-state index is 12.1. The van der Waals surface area contributed by atoms with Crippen LogP contribution in [0.3, 0.4) is 0 Å². The van der Waals surface area contributed by atoms with Crippen molar-refractivity contribution in [1.29, 1.82) is 0 Å². The minimum Gasteiger partial charge on any atom is -0.339 e. The number of rotatable bonds is 3. The molecule has 1 aliphatic heterocycles. The largest absolute Gasteiger partial charge is 0.339 e. The first-order valence-corrected chi connectivity index (χ1v) is 6.69. The predicted molar refractivity (Wildman–Crippen MR) is 65.3 cm³/mol. The summed E-state index contributed by atoms with van der Waals surface area (Å²) >= 11 is 0. The molecule has 1 heterocycles. The van der Waals surface area contributed by atoms with Gasteiger partial charge in [-0.2, -0.15) is 0 Å². The first kappa shape index (κ1) is 12.6. The second-order valence-electron chi connectivity index (χ2n) is 5.37. The van der Waals surface area contributed by atoms with E-state index in [9.17, 15) is 9.59 Å². The molecule has 0 aromatic rings. The average molecular weight is 238 g/mol. The van der Waals surface area contributed by atoms with Crippen LogP contribution in [0.15, 0.2) is 0 Å². The number of hydrogen-bond acceptors (Lipinski definition) is 3. The summed E-state index contributed by atoms with van der Waals surface area (Å²) in [6.07, 6.45) is 4.16. The zero-order chi connectivity index (χ0) is 12.4. The van der Waals surface area contributed by atoms with Crippen LogP contribution in [0.5, 0.6) is 0 Å². The summed E-state index contributed by atoms with van der Waals surface area (Å²) in [5.74, 6) is 0.974. The zero-order valence-corrected chi connectivity index (χ0v) is 10.5. The second kappa shape index (κ2) is 5.17. The molecule has 4 nitrogen and oxygen atoms in total. The fourth-order valence-corrected chi connectivity index (χ4v) is 2.90. The van der Waals surface area contributed by atoms with Crippen LogP contribution in [0.1, 0.15) is 39.0 Å². The van der Waals surface area contributed by atoms with Crippen molar-refractivity contribution in [3.8, 4) is 0 Å². The van der Waals surface area contributed by atoms with Crippen molar-refractivity contribution < 1.29 is 9.59 Å². The highest BCUT2D eigenvalue weighted by Crippen LogP contribution is 2.31. The van der Waals surface area contributed by atoms with E-state index in [1.807, 2.05) is 11.8 Å². The van der Waals surface area contributed by atoms with Crippen LogP contribution in [0.25, 0.3) is 0 Å². The standard InChI is InChI=1S/C13H22N2O2/c1-2-12(16)9-3-5-10(6-4-9)13(17)15-7-11(14)8-15/h9-11H,2-8,14H2,1H3/t9-,10-. The molecule has 0 spiro atoms. The molecular weight excluding hydrogens is 216 g/mol. The number of likely N-dealkylation sites (tertiary alicyclic amines) is 1. The molecule has 17 heavy (non-hydrogen) atoms. The van der Waals surface area contributed by atoms with E-state index >= 15 is 0 Å². The van der Waals surface area contributed by atoms with Crippen LogP contribution in [0.2, 0.25) is 0 Å². The molecule has 0 aromatic carbocycles. The lowest BCUT2D eigenvalue weighted by molar-refractivity contribution is -0.142. The van der Waals surface area contributed by atoms with Gasteiger partial charge in [-0.15, -0.1) is 0 Å². The van der Waals surface area contributed by atoms with Crippen LogP contribution in [0.4, 0.5) is 0 Å². The summed E-state index contributed by atoms with van der Waals surface area (Å²) in [6, 6.07) is 0.178. The van der Waals surface area contributed by atoms with Gasteiger partial charge in [0.25, 0.3) is 0 Å². The van der Waals surface area contributed by atoms with Crippen molar-refractivity contribution >= 4 is 11.7 Å². The van der Waals surface area contributed by atoms with Gasteiger partial charge in [-0.1, -0.05) is 6.92 Å². The third kappa shape index (κ3) is 2.68. The van der Waals surface area contributed by atoms with Crippen LogP contribution in [0, 0.1) is 11.8 Å². The molecule has 96 valence electrons. The summed E-state index contributed by atoms with van der Waals surface area (Å²) in [7, 11) is 0. The molecule has 0 aromatic heterocycles. The predicted octanol–water partition coefficient (Wildman–Crippen LogP) is 0.941. The number of ketones is 1. The molecule has 1 aliphatic carbocycles. The van der Waals surface area contributed by atoms with Crippen molar-refractivity contribution in [3.63, 3.8) is 0 Å². The highest BCUT2D eigenvalue weighted by molar-refractivity contribution is 5.82. The Balaban J connectivity index is 1.79. The lowest BCUT2D eigenvalue weighted by atomic mass is 9.78. The molecule has 1 amide bonds. The fourth-order valence-electron chi connectivity index (χ4n) is 2.90. The molecule has 4 heteroatoms. The highest BCUT2D eigenvalue weighted by Gasteiger charge is 2.35. The molecule has 0 atom stereocenters. The summed E-state index contributed by atoms with van der Waals surface area (Å²) in [6.45, 7) is 3.35. The van der Waals surface area contributed by atoms with Crippen molar-refractivity contribution in [2.45, 2.75) is 45.1 Å². The molecule has 1 saturated carbocycles. The lowest BCUT2D eigenvalue weighted by Crippen LogP contribution is -2.59. The SMILES string of the molecule is CCC(=O)[C@H]1CC[C@H](C(=O)N2CC(N)C2)CC1. The smallest absolute Gasteiger partial charge is 0.225 e. The van der Waals surface area contributed by atoms with Gasteiger partial charge in [0.2, 0.25) is 5.91 Å². The Morgan fingerprint density at radius 3 is 2.12 bits per heavy atom. The normalized spacial score (nSPS) is 29.9. The average Bonchev–Trinajstić information content (AvgIpc) is 2.33. The molecule has 2 fully saturated rings. The first-order valence-electron chi connectivity index (χ1n) is 6.69. The van der Waals surface area contributed by atoms with Gasteiger partial charge in [0.05, 0.1) is 0 Å². The minimum atomic E-state index is 0.142. The Morgan fingerprint density at radius 2 is 1.65 bits per heavy atom. The maximum Gasteiger partial charge on any atom is 0.225 e. The van der Waals surface area contributed by atoms with E-state index in [4.69, 9.17) is 5.73 Å². The summed E-state index contributed by atoms with van der Waals surface area (Å²) in [5, 5.41) is 0. The number of carbonyl (C=O) groups excluding carboxylic acids is 2. The van der Waals surface area contributed by atoms with Gasteiger partial charge in [0, 0.05) is 37.4 Å². The van der Waals surface area contributed by atoms with Gasteiger partial charge >= 0.3 is 0 Å². The number of nitrogens with zero attached hydrogens (tertiary/aromatic N) is 1. The Kier molecular flexibility index (Phi) is 3.82. The summed E-state index contributed by atoms with van der Waals surface area (Å²) in [5.41, 5.74) is 5.68. The van der Waals surface area contributed by atoms with E-state index < -0.39 is 0 Å². The van der Waals surface area contributed by atoms with Crippen LogP contribution >= 0.6 is 0 Å². The number of hydrogen-bond donors (Lipinski definition) is 1. The maximum absolute atomic E-state index is 12.1. The van der Waals surface area contributed by atoms with Gasteiger partial charge in [-0.3, -0.25) is 9.59 Å². The summed E-state index contributed by atoms with van der Waals surface area (Å²) < 4.78 is 0. The van der Waals surface area contributed by atoms with E-state index in [1.54, 1.807) is 0 Å². The van der Waals surface area contributed by atoms with E-state index in [-0.39, 0.29) is 23.8 Å². The molecule has 1 saturated heterocycles. The second-order valence-corrected chi connectivity index (χ2v) is 5.37. The van der Waals surface area contributed by atoms with E-state index in [0.717, 1.165) is 25.7 Å². The molecule has 2 N–H and O–H groups in total. The molecule has 0 unspecified atom stereocenters. The van der Waals surface area contributed by atoms with Crippen LogP contribution < -0.4 is 5.73 Å². The van der Waals surface area contributed by atoms with Gasteiger partial charge in [-0.05, 0) is 25.7 Å². The molecule has 2 aliphatic rings. The van der Waals surface area contributed by atoms with Gasteiger partial charge in [0.1, 0.15) is 5.78 Å². The molecular formula is C13H22N2O2. The number of nitrogens with two attached hydrogens (primary N) is 1. The van der Waals surface area contributed by atoms with Crippen molar-refractivity contribution in [2.75, 3.05) is 13.1 Å². The van der Waals surface area contributed by atoms with Crippen LogP contribution in [-0.2, 0) is 9.59 Å². The molecule has 0 bridgehead atoms. The fraction of sp³-hybridized carbons (Fsp3) is 0.846. The van der Waals surface area contributed by atoms with Gasteiger partial charge < -0.3 is 10.6 Å². The highest BCUT2D eigenvalue weighted by atomic mass is 16.2. The third-order valence-corrected chi connectivity index (χ3v) is 4.10. The van der Waals surface area contributed by atoms with Gasteiger partial charge in [0.15, 0.2) is 0 Å². The quantitative estimate of drug-likeness (QED) is 0.796. The molecule has 2 rings (SSSR count). The zero-order valence-electron chi connectivity index (χ0n) is 10.5. The van der Waals surface area contributed by atoms with Crippen LogP contribution in [-0.4, -0.2) is 35.7 Å². The number of amides is 1. The van der Waals surface area contributed by atoms with Crippen molar-refractivity contribution in [3.05, 3.63) is 0 Å². The number of carbonyl (C=O) groups is 2. The van der Waals surface area contributed by atoms with Crippen molar-refractivity contribution in [2.24, 2.45) is 17.6 Å². The topological polar surface area (TPSA) is 63.4 Å². The van der Waals surface area contributed by atoms with Crippen molar-refractivity contribution in [1.82, 2.24) is 4.90 Å². The van der Waals surface area contributed by atoms with E-state index in [0.29, 0.717) is 25.3 Å². The summed E-state index contributed by atoms with van der Waals surface area (Å²) in [4.78, 5) is 25.5.